The van der Waals surface area contributed by atoms with E-state index in [1.165, 1.54) is 12.1 Å². The first-order valence-electron chi connectivity index (χ1n) is 9.01. The van der Waals surface area contributed by atoms with E-state index in [1.807, 2.05) is 0 Å². The van der Waals surface area contributed by atoms with Gasteiger partial charge in [0.2, 0.25) is 0 Å². The van der Waals surface area contributed by atoms with Gasteiger partial charge in [-0.3, -0.25) is 9.59 Å². The van der Waals surface area contributed by atoms with Crippen molar-refractivity contribution in [3.8, 4) is 0 Å². The minimum Gasteiger partial charge on any atom is -0.456 e. The van der Waals surface area contributed by atoms with Gasteiger partial charge in [0.05, 0.1) is 12.1 Å². The number of hydrogen-bond acceptors (Lipinski definition) is 4. The second-order valence-corrected chi connectivity index (χ2v) is 7.13. The summed E-state index contributed by atoms with van der Waals surface area (Å²) in [5.41, 5.74) is 0.0167. The number of anilines is 1. The van der Waals surface area contributed by atoms with E-state index in [4.69, 9.17) is 9.15 Å². The minimum absolute atomic E-state index is 0.0398. The lowest BCUT2D eigenvalue weighted by Gasteiger charge is -2.46. The molecule has 2 aromatic rings. The van der Waals surface area contributed by atoms with Crippen LogP contribution in [-0.4, -0.2) is 48.6 Å². The average Bonchev–Trinajstić information content (AvgIpc) is 3.10. The zero-order valence-corrected chi connectivity index (χ0v) is 15.1. The number of hydrogen-bond donors (Lipinski definition) is 0. The fourth-order valence-electron chi connectivity index (χ4n) is 3.72. The lowest BCUT2D eigenvalue weighted by Crippen LogP contribution is -2.59. The van der Waals surface area contributed by atoms with Crippen LogP contribution in [0.2, 0.25) is 0 Å². The number of likely N-dealkylation sites (tertiary alicyclic amines) is 1. The van der Waals surface area contributed by atoms with Gasteiger partial charge in [0, 0.05) is 18.8 Å². The highest BCUT2D eigenvalue weighted by atomic mass is 19.1. The van der Waals surface area contributed by atoms with E-state index in [0.717, 1.165) is 0 Å². The molecule has 0 atom stereocenters. The van der Waals surface area contributed by atoms with Crippen LogP contribution < -0.4 is 4.90 Å². The number of piperidine rings is 1. The number of ether oxygens (including phenoxy) is 1. The van der Waals surface area contributed by atoms with Crippen LogP contribution in [0.1, 0.15) is 29.2 Å². The first-order valence-corrected chi connectivity index (χ1v) is 9.01. The summed E-state index contributed by atoms with van der Waals surface area (Å²) in [6, 6.07) is 9.47. The Morgan fingerprint density at radius 1 is 1.19 bits per heavy atom. The van der Waals surface area contributed by atoms with Crippen molar-refractivity contribution in [1.82, 2.24) is 4.90 Å². The van der Waals surface area contributed by atoms with Gasteiger partial charge in [-0.1, -0.05) is 6.07 Å². The maximum atomic E-state index is 13.6. The molecule has 0 saturated carbocycles. The third kappa shape index (κ3) is 3.47. The van der Waals surface area contributed by atoms with Crippen molar-refractivity contribution in [2.24, 2.45) is 0 Å². The highest BCUT2D eigenvalue weighted by molar-refractivity contribution is 5.95. The number of nitrogens with zero attached hydrogens (tertiary/aromatic N) is 2. The van der Waals surface area contributed by atoms with Crippen LogP contribution in [0.4, 0.5) is 10.1 Å². The molecule has 2 aliphatic rings. The number of halogens is 1. The molecule has 4 rings (SSSR count). The second kappa shape index (κ2) is 6.81. The Hall–Kier alpha value is -2.67. The fourth-order valence-corrected chi connectivity index (χ4v) is 3.72. The molecule has 1 spiro atoms. The molecular formula is C20H21FN2O4. The summed E-state index contributed by atoms with van der Waals surface area (Å²) >= 11 is 0. The molecule has 142 valence electrons. The molecule has 0 N–H and O–H groups in total. The highest BCUT2D eigenvalue weighted by Crippen LogP contribution is 2.33. The predicted octanol–water partition coefficient (Wildman–Crippen LogP) is 2.77. The molecule has 2 saturated heterocycles. The van der Waals surface area contributed by atoms with Gasteiger partial charge < -0.3 is 19.0 Å². The summed E-state index contributed by atoms with van der Waals surface area (Å²) in [5.74, 6) is 0.342. The standard InChI is InChI=1S/C20H21FN2O4/c1-14-5-6-17(27-14)19(25)22-9-7-20(8-10-22)13-23(18(24)12-26-20)16-4-2-3-15(21)11-16/h2-6,11H,7-10,12-13H2,1H3. The molecule has 2 amide bonds. The first kappa shape index (κ1) is 17.7. The molecule has 6 nitrogen and oxygen atoms in total. The summed E-state index contributed by atoms with van der Waals surface area (Å²) in [7, 11) is 0. The van der Waals surface area contributed by atoms with Crippen LogP contribution in [0.3, 0.4) is 0 Å². The van der Waals surface area contributed by atoms with E-state index in [0.29, 0.717) is 49.7 Å². The highest BCUT2D eigenvalue weighted by Gasteiger charge is 2.43. The lowest BCUT2D eigenvalue weighted by molar-refractivity contribution is -0.143. The normalized spacial score (nSPS) is 19.6. The first-order chi connectivity index (χ1) is 13.0. The van der Waals surface area contributed by atoms with Gasteiger partial charge >= 0.3 is 0 Å². The minimum atomic E-state index is -0.518. The van der Waals surface area contributed by atoms with Crippen LogP contribution in [0, 0.1) is 12.7 Å². The van der Waals surface area contributed by atoms with E-state index >= 15 is 0 Å². The van der Waals surface area contributed by atoms with Gasteiger partial charge in [-0.25, -0.2) is 4.39 Å². The van der Waals surface area contributed by atoms with Crippen molar-refractivity contribution < 1.29 is 23.1 Å². The molecule has 0 bridgehead atoms. The molecule has 27 heavy (non-hydrogen) atoms. The van der Waals surface area contributed by atoms with Gasteiger partial charge in [-0.05, 0) is 50.1 Å². The van der Waals surface area contributed by atoms with E-state index < -0.39 is 5.60 Å². The van der Waals surface area contributed by atoms with Crippen molar-refractivity contribution in [2.45, 2.75) is 25.4 Å². The smallest absolute Gasteiger partial charge is 0.289 e. The third-order valence-corrected chi connectivity index (χ3v) is 5.28. The second-order valence-electron chi connectivity index (χ2n) is 7.13. The summed E-state index contributed by atoms with van der Waals surface area (Å²) in [5, 5.41) is 0. The van der Waals surface area contributed by atoms with Crippen molar-refractivity contribution in [2.75, 3.05) is 31.1 Å². The number of rotatable bonds is 2. The Labute approximate surface area is 156 Å². The van der Waals surface area contributed by atoms with E-state index in [2.05, 4.69) is 0 Å². The molecule has 1 aromatic heterocycles. The number of morpholine rings is 1. The number of carbonyl (C=O) groups excluding carboxylic acids is 2. The van der Waals surface area contributed by atoms with Gasteiger partial charge in [0.1, 0.15) is 18.2 Å². The summed E-state index contributed by atoms with van der Waals surface area (Å²) in [6.45, 7) is 3.16. The fraction of sp³-hybridized carbons (Fsp3) is 0.400. The maximum Gasteiger partial charge on any atom is 0.289 e. The third-order valence-electron chi connectivity index (χ3n) is 5.28. The van der Waals surface area contributed by atoms with Gasteiger partial charge in [0.25, 0.3) is 11.8 Å². The van der Waals surface area contributed by atoms with Crippen molar-refractivity contribution in [3.63, 3.8) is 0 Å². The SMILES string of the molecule is Cc1ccc(C(=O)N2CCC3(CC2)CN(c2cccc(F)c2)C(=O)CO3)o1. The molecule has 2 fully saturated rings. The molecule has 0 aliphatic carbocycles. The molecule has 0 radical (unpaired) electrons. The molecule has 1 aromatic carbocycles. The average molecular weight is 372 g/mol. The summed E-state index contributed by atoms with van der Waals surface area (Å²) in [4.78, 5) is 28.2. The number of amides is 2. The van der Waals surface area contributed by atoms with E-state index in [1.54, 1.807) is 41.0 Å². The molecular weight excluding hydrogens is 351 g/mol. The summed E-state index contributed by atoms with van der Waals surface area (Å²) < 4.78 is 24.9. The number of furan rings is 1. The topological polar surface area (TPSA) is 63.0 Å². The Balaban J connectivity index is 1.46. The molecule has 2 aliphatic heterocycles. The monoisotopic (exact) mass is 372 g/mol. The molecule has 0 unspecified atom stereocenters. The van der Waals surface area contributed by atoms with Crippen LogP contribution in [-0.2, 0) is 9.53 Å². The zero-order valence-electron chi connectivity index (χ0n) is 15.1. The predicted molar refractivity (Wildman–Crippen MR) is 96.0 cm³/mol. The zero-order chi connectivity index (χ0) is 19.0. The van der Waals surface area contributed by atoms with Crippen LogP contribution in [0.5, 0.6) is 0 Å². The van der Waals surface area contributed by atoms with Crippen LogP contribution >= 0.6 is 0 Å². The van der Waals surface area contributed by atoms with Gasteiger partial charge in [-0.2, -0.15) is 0 Å². The van der Waals surface area contributed by atoms with E-state index in [-0.39, 0.29) is 24.2 Å². The molecule has 7 heteroatoms. The van der Waals surface area contributed by atoms with Crippen LogP contribution in [0.25, 0.3) is 0 Å². The Morgan fingerprint density at radius 2 is 1.96 bits per heavy atom. The largest absolute Gasteiger partial charge is 0.456 e. The van der Waals surface area contributed by atoms with Gasteiger partial charge in [0.15, 0.2) is 5.76 Å². The quantitative estimate of drug-likeness (QED) is 0.813. The summed E-state index contributed by atoms with van der Waals surface area (Å²) in [6.07, 6.45) is 1.22. The molecule has 3 heterocycles. The Bertz CT molecular complexity index is 870. The van der Waals surface area contributed by atoms with Crippen molar-refractivity contribution >= 4 is 17.5 Å². The van der Waals surface area contributed by atoms with Crippen molar-refractivity contribution in [3.05, 3.63) is 53.7 Å². The number of benzene rings is 1. The lowest BCUT2D eigenvalue weighted by atomic mass is 9.89. The van der Waals surface area contributed by atoms with Crippen molar-refractivity contribution in [1.29, 1.82) is 0 Å². The number of aryl methyl sites for hydroxylation is 1. The maximum absolute atomic E-state index is 13.6. The van der Waals surface area contributed by atoms with Gasteiger partial charge in [-0.15, -0.1) is 0 Å². The van der Waals surface area contributed by atoms with E-state index in [9.17, 15) is 14.0 Å². The van der Waals surface area contributed by atoms with Crippen LogP contribution in [0.15, 0.2) is 40.8 Å². The number of carbonyl (C=O) groups is 2. The Morgan fingerprint density at radius 3 is 2.63 bits per heavy atom. The Kier molecular flexibility index (Phi) is 4.47.